The summed E-state index contributed by atoms with van der Waals surface area (Å²) in [6.07, 6.45) is 10.0. The number of nitrogens with zero attached hydrogens (tertiary/aromatic N) is 4. The average molecular weight is 453 g/mol. The van der Waals surface area contributed by atoms with Gasteiger partial charge in [0.05, 0.1) is 0 Å². The zero-order valence-electron chi connectivity index (χ0n) is 17.1. The van der Waals surface area contributed by atoms with Crippen LogP contribution >= 0.6 is 23.6 Å². The predicted molar refractivity (Wildman–Crippen MR) is 124 cm³/mol. The number of nitrogens with one attached hydrogen (secondary N) is 2. The maximum atomic E-state index is 12.8. The summed E-state index contributed by atoms with van der Waals surface area (Å²) < 4.78 is 1.66. The number of benzene rings is 1. The number of carbonyl (C=O) groups excluding carboxylic acids is 1. The van der Waals surface area contributed by atoms with Crippen molar-refractivity contribution in [2.24, 2.45) is 23.2 Å². The average Bonchev–Trinajstić information content (AvgIpc) is 3.28. The molecule has 2 aromatic heterocycles. The van der Waals surface area contributed by atoms with Gasteiger partial charge in [-0.25, -0.2) is 0 Å². The van der Waals surface area contributed by atoms with Crippen molar-refractivity contribution < 1.29 is 4.79 Å². The van der Waals surface area contributed by atoms with Crippen LogP contribution in [0.4, 0.5) is 5.69 Å². The van der Waals surface area contributed by atoms with E-state index in [1.54, 1.807) is 10.8 Å². The second-order valence-corrected chi connectivity index (χ2v) is 11.0. The van der Waals surface area contributed by atoms with Gasteiger partial charge in [-0.15, -0.1) is 10.2 Å². The number of aromatic nitrogens is 4. The Kier molecular flexibility index (Phi) is 4.57. The molecule has 4 bridgehead atoms. The van der Waals surface area contributed by atoms with Crippen LogP contribution in [0, 0.1) is 23.2 Å². The number of thiocarbonyl (C=S) groups is 1. The first-order valence-corrected chi connectivity index (χ1v) is 12.1. The lowest BCUT2D eigenvalue weighted by atomic mass is 9.49. The summed E-state index contributed by atoms with van der Waals surface area (Å²) in [5, 5.41) is 19.7. The van der Waals surface area contributed by atoms with E-state index in [9.17, 15) is 4.79 Å². The fourth-order valence-corrected chi connectivity index (χ4v) is 7.63. The van der Waals surface area contributed by atoms with E-state index < -0.39 is 0 Å². The van der Waals surface area contributed by atoms with Gasteiger partial charge in [-0.05, 0) is 86.0 Å². The van der Waals surface area contributed by atoms with Gasteiger partial charge in [0.25, 0.3) is 0 Å². The molecule has 2 heterocycles. The number of hydrogen-bond acceptors (Lipinski definition) is 6. The fraction of sp³-hybridized carbons (Fsp3) is 0.500. The number of anilines is 1. The van der Waals surface area contributed by atoms with Gasteiger partial charge >= 0.3 is 0 Å². The maximum absolute atomic E-state index is 12.8. The highest BCUT2D eigenvalue weighted by atomic mass is 32.1. The van der Waals surface area contributed by atoms with E-state index in [2.05, 4.69) is 25.9 Å². The standard InChI is InChI=1S/C22H24N6OS2/c29-18(11-22-8-13-4-14(9-22)6-15(5-13)10-22)25-20(30)24-17-3-1-2-16(7-17)19-27-28-12-23-26-21(28)31-19/h1-3,7,12-15H,4-6,8-11H2,(H2,24,25,29,30). The lowest BCUT2D eigenvalue weighted by molar-refractivity contribution is -0.127. The molecule has 0 spiro atoms. The lowest BCUT2D eigenvalue weighted by Gasteiger charge is -2.56. The van der Waals surface area contributed by atoms with E-state index in [-0.39, 0.29) is 11.3 Å². The van der Waals surface area contributed by atoms with Crippen molar-refractivity contribution >= 4 is 45.2 Å². The number of fused-ring (bicyclic) bond motifs is 1. The van der Waals surface area contributed by atoms with E-state index in [0.29, 0.717) is 11.5 Å². The molecule has 2 N–H and O–H groups in total. The van der Waals surface area contributed by atoms with Crippen LogP contribution in [-0.4, -0.2) is 30.8 Å². The molecule has 1 amide bonds. The third kappa shape index (κ3) is 3.74. The van der Waals surface area contributed by atoms with Crippen LogP contribution in [0.1, 0.15) is 44.9 Å². The van der Waals surface area contributed by atoms with Crippen molar-refractivity contribution in [3.05, 3.63) is 30.6 Å². The molecule has 0 unspecified atom stereocenters. The van der Waals surface area contributed by atoms with Crippen molar-refractivity contribution in [3.8, 4) is 10.6 Å². The summed E-state index contributed by atoms with van der Waals surface area (Å²) in [4.78, 5) is 13.6. The number of rotatable bonds is 4. The van der Waals surface area contributed by atoms with Gasteiger partial charge in [-0.2, -0.15) is 9.61 Å². The third-order valence-corrected chi connectivity index (χ3v) is 8.37. The van der Waals surface area contributed by atoms with Crippen LogP contribution < -0.4 is 10.6 Å². The molecule has 0 radical (unpaired) electrons. The number of amides is 1. The quantitative estimate of drug-likeness (QED) is 0.575. The summed E-state index contributed by atoms with van der Waals surface area (Å²) in [7, 11) is 0. The van der Waals surface area contributed by atoms with Crippen molar-refractivity contribution in [1.29, 1.82) is 0 Å². The molecule has 0 saturated heterocycles. The van der Waals surface area contributed by atoms with Crippen LogP contribution in [-0.2, 0) is 4.79 Å². The van der Waals surface area contributed by atoms with Gasteiger partial charge in [0, 0.05) is 17.7 Å². The third-order valence-electron chi connectivity index (χ3n) is 7.21. The highest BCUT2D eigenvalue weighted by Gasteiger charge is 2.51. The molecule has 3 aromatic rings. The van der Waals surface area contributed by atoms with Crippen LogP contribution in [0.25, 0.3) is 15.5 Å². The maximum Gasteiger partial charge on any atom is 0.234 e. The first-order valence-electron chi connectivity index (χ1n) is 10.9. The summed E-state index contributed by atoms with van der Waals surface area (Å²) in [5.74, 6) is 2.58. The number of hydrogen-bond donors (Lipinski definition) is 2. The fourth-order valence-electron chi connectivity index (χ4n) is 6.59. The van der Waals surface area contributed by atoms with Crippen LogP contribution in [0.15, 0.2) is 30.6 Å². The molecular weight excluding hydrogens is 428 g/mol. The van der Waals surface area contributed by atoms with Gasteiger partial charge < -0.3 is 10.6 Å². The molecule has 7 nitrogen and oxygen atoms in total. The van der Waals surface area contributed by atoms with Crippen molar-refractivity contribution in [2.75, 3.05) is 5.32 Å². The molecule has 31 heavy (non-hydrogen) atoms. The van der Waals surface area contributed by atoms with Gasteiger partial charge in [-0.1, -0.05) is 23.5 Å². The van der Waals surface area contributed by atoms with Gasteiger partial charge in [-0.3, -0.25) is 4.79 Å². The Morgan fingerprint density at radius 3 is 2.65 bits per heavy atom. The van der Waals surface area contributed by atoms with Gasteiger partial charge in [0.1, 0.15) is 11.3 Å². The van der Waals surface area contributed by atoms with E-state index >= 15 is 0 Å². The van der Waals surface area contributed by atoms with Crippen LogP contribution in [0.5, 0.6) is 0 Å². The Balaban J connectivity index is 1.10. The van der Waals surface area contributed by atoms with E-state index in [4.69, 9.17) is 12.2 Å². The second kappa shape index (κ2) is 7.34. The van der Waals surface area contributed by atoms with Crippen LogP contribution in [0.2, 0.25) is 0 Å². The molecular formula is C22H24N6OS2. The Morgan fingerprint density at radius 1 is 1.19 bits per heavy atom. The Morgan fingerprint density at radius 2 is 1.94 bits per heavy atom. The van der Waals surface area contributed by atoms with Crippen LogP contribution in [0.3, 0.4) is 0 Å². The topological polar surface area (TPSA) is 84.2 Å². The molecule has 0 aliphatic heterocycles. The summed E-state index contributed by atoms with van der Waals surface area (Å²) in [6.45, 7) is 0. The summed E-state index contributed by atoms with van der Waals surface area (Å²) in [6, 6.07) is 7.84. The first kappa shape index (κ1) is 19.3. The molecule has 7 rings (SSSR count). The zero-order chi connectivity index (χ0) is 21.0. The predicted octanol–water partition coefficient (Wildman–Crippen LogP) is 4.27. The summed E-state index contributed by atoms with van der Waals surface area (Å²) in [5.41, 5.74) is 2.00. The second-order valence-electron chi connectivity index (χ2n) is 9.64. The molecule has 9 heteroatoms. The summed E-state index contributed by atoms with van der Waals surface area (Å²) >= 11 is 6.92. The van der Waals surface area contributed by atoms with E-state index in [1.807, 2.05) is 24.3 Å². The smallest absolute Gasteiger partial charge is 0.234 e. The van der Waals surface area contributed by atoms with Gasteiger partial charge in [0.15, 0.2) is 5.11 Å². The Labute approximate surface area is 189 Å². The van der Waals surface area contributed by atoms with Gasteiger partial charge in [0.2, 0.25) is 10.9 Å². The molecule has 160 valence electrons. The first-order chi connectivity index (χ1) is 15.0. The highest BCUT2D eigenvalue weighted by Crippen LogP contribution is 2.61. The zero-order valence-corrected chi connectivity index (χ0v) is 18.7. The minimum Gasteiger partial charge on any atom is -0.332 e. The molecule has 4 saturated carbocycles. The normalized spacial score (nSPS) is 28.7. The van der Waals surface area contributed by atoms with Crippen molar-refractivity contribution in [3.63, 3.8) is 0 Å². The molecule has 0 atom stereocenters. The van der Waals surface area contributed by atoms with Crippen molar-refractivity contribution in [2.45, 2.75) is 44.9 Å². The molecule has 1 aromatic carbocycles. The van der Waals surface area contributed by atoms with Crippen molar-refractivity contribution in [1.82, 2.24) is 25.1 Å². The molecule has 4 fully saturated rings. The highest BCUT2D eigenvalue weighted by molar-refractivity contribution is 7.80. The minimum atomic E-state index is 0.0456. The monoisotopic (exact) mass is 452 g/mol. The Hall–Kier alpha value is -2.39. The molecule has 4 aliphatic carbocycles. The Bertz CT molecular complexity index is 1100. The molecule has 4 aliphatic rings. The SMILES string of the molecule is O=C(CC12CC3CC(CC(C3)C1)C2)NC(=S)Nc1cccc(-c2nn3cnnc3s2)c1. The largest absolute Gasteiger partial charge is 0.332 e. The number of carbonyl (C=O) groups is 1. The van der Waals surface area contributed by atoms with E-state index in [0.717, 1.165) is 39.0 Å². The lowest BCUT2D eigenvalue weighted by Crippen LogP contribution is -2.48. The minimum absolute atomic E-state index is 0.0456. The van der Waals surface area contributed by atoms with E-state index in [1.165, 1.54) is 49.9 Å².